The maximum atomic E-state index is 12.2. The van der Waals surface area contributed by atoms with Crippen LogP contribution in [0.3, 0.4) is 0 Å². The van der Waals surface area contributed by atoms with Crippen molar-refractivity contribution in [1.82, 2.24) is 10.6 Å². The molecule has 0 spiro atoms. The van der Waals surface area contributed by atoms with E-state index in [0.717, 1.165) is 0 Å². The Morgan fingerprint density at radius 1 is 0.786 bits per heavy atom. The molecule has 2 amide bonds. The zero-order valence-electron chi connectivity index (χ0n) is 15.4. The molecule has 0 saturated carbocycles. The summed E-state index contributed by atoms with van der Waals surface area (Å²) in [5.41, 5.74) is 1.14. The summed E-state index contributed by atoms with van der Waals surface area (Å²) in [6.07, 6.45) is 0.288. The standard InChI is InChI=1S/C20H20N2O6/c1-3-22-18(24)16-10-12(5-7-14(16)20(27)28)8-11-4-6-13(19(25)26)15(9-11)17(23)21-2/h4-7,9-10H,3,8H2,1-2H3,(H,21,23)(H,22,24)(H,25,26)(H,27,28). The highest BCUT2D eigenvalue weighted by Crippen LogP contribution is 2.19. The van der Waals surface area contributed by atoms with Crippen LogP contribution in [-0.2, 0) is 6.42 Å². The summed E-state index contributed by atoms with van der Waals surface area (Å²) in [6, 6.07) is 8.81. The molecule has 146 valence electrons. The minimum atomic E-state index is -1.21. The van der Waals surface area contributed by atoms with Crippen LogP contribution in [-0.4, -0.2) is 47.6 Å². The number of carboxylic acids is 2. The van der Waals surface area contributed by atoms with E-state index in [2.05, 4.69) is 10.6 Å². The van der Waals surface area contributed by atoms with Crippen molar-refractivity contribution < 1.29 is 29.4 Å². The summed E-state index contributed by atoms with van der Waals surface area (Å²) in [4.78, 5) is 46.9. The number of carboxylic acid groups (broad SMARTS) is 2. The summed E-state index contributed by atoms with van der Waals surface area (Å²) in [5, 5.41) is 23.5. The summed E-state index contributed by atoms with van der Waals surface area (Å²) < 4.78 is 0. The van der Waals surface area contributed by atoms with Gasteiger partial charge in [0, 0.05) is 13.6 Å². The monoisotopic (exact) mass is 384 g/mol. The molecule has 0 aliphatic heterocycles. The summed E-state index contributed by atoms with van der Waals surface area (Å²) in [6.45, 7) is 2.08. The molecule has 0 fully saturated rings. The molecular weight excluding hydrogens is 364 g/mol. The van der Waals surface area contributed by atoms with Crippen molar-refractivity contribution in [3.8, 4) is 0 Å². The van der Waals surface area contributed by atoms with Gasteiger partial charge in [0.25, 0.3) is 11.8 Å². The van der Waals surface area contributed by atoms with E-state index in [0.29, 0.717) is 17.7 Å². The third kappa shape index (κ3) is 4.53. The molecule has 2 aromatic rings. The van der Waals surface area contributed by atoms with Crippen molar-refractivity contribution in [3.63, 3.8) is 0 Å². The van der Waals surface area contributed by atoms with Gasteiger partial charge in [0.15, 0.2) is 0 Å². The number of carbonyl (C=O) groups excluding carboxylic acids is 2. The molecular formula is C20H20N2O6. The average molecular weight is 384 g/mol. The quantitative estimate of drug-likeness (QED) is 0.575. The van der Waals surface area contributed by atoms with E-state index in [9.17, 15) is 29.4 Å². The molecule has 0 saturated heterocycles. The lowest BCUT2D eigenvalue weighted by Crippen LogP contribution is -2.25. The number of hydrogen-bond acceptors (Lipinski definition) is 4. The summed E-state index contributed by atoms with van der Waals surface area (Å²) >= 11 is 0. The van der Waals surface area contributed by atoms with Gasteiger partial charge in [0.2, 0.25) is 0 Å². The molecule has 8 heteroatoms. The van der Waals surface area contributed by atoms with Gasteiger partial charge in [-0.15, -0.1) is 0 Å². The van der Waals surface area contributed by atoms with Crippen LogP contribution in [0.1, 0.15) is 59.5 Å². The van der Waals surface area contributed by atoms with Crippen molar-refractivity contribution in [1.29, 1.82) is 0 Å². The molecule has 2 rings (SSSR count). The molecule has 0 aliphatic rings. The highest BCUT2D eigenvalue weighted by molar-refractivity contribution is 6.05. The van der Waals surface area contributed by atoms with Crippen LogP contribution in [0.4, 0.5) is 0 Å². The van der Waals surface area contributed by atoms with E-state index in [1.54, 1.807) is 19.1 Å². The zero-order valence-corrected chi connectivity index (χ0v) is 15.4. The highest BCUT2D eigenvalue weighted by Gasteiger charge is 2.19. The van der Waals surface area contributed by atoms with Gasteiger partial charge in [-0.1, -0.05) is 12.1 Å². The molecule has 8 nitrogen and oxygen atoms in total. The van der Waals surface area contributed by atoms with Crippen molar-refractivity contribution >= 4 is 23.8 Å². The van der Waals surface area contributed by atoms with Gasteiger partial charge >= 0.3 is 11.9 Å². The van der Waals surface area contributed by atoms with Crippen LogP contribution in [0.2, 0.25) is 0 Å². The van der Waals surface area contributed by atoms with Crippen molar-refractivity contribution in [3.05, 3.63) is 69.8 Å². The Morgan fingerprint density at radius 3 is 1.64 bits per heavy atom. The Hall–Kier alpha value is -3.68. The Balaban J connectivity index is 2.44. The fraction of sp³-hybridized carbons (Fsp3) is 0.200. The third-order valence-corrected chi connectivity index (χ3v) is 4.09. The molecule has 4 N–H and O–H groups in total. The van der Waals surface area contributed by atoms with E-state index < -0.39 is 23.8 Å². The van der Waals surface area contributed by atoms with Gasteiger partial charge < -0.3 is 20.8 Å². The Labute approximate surface area is 161 Å². The van der Waals surface area contributed by atoms with Gasteiger partial charge in [-0.25, -0.2) is 9.59 Å². The fourth-order valence-corrected chi connectivity index (χ4v) is 2.78. The SMILES string of the molecule is CCNC(=O)c1cc(Cc2ccc(C(=O)O)c(C(=O)NC)c2)ccc1C(=O)O. The number of carbonyl (C=O) groups is 4. The lowest BCUT2D eigenvalue weighted by Gasteiger charge is -2.11. The van der Waals surface area contributed by atoms with Gasteiger partial charge in [-0.2, -0.15) is 0 Å². The number of nitrogens with one attached hydrogen (secondary N) is 2. The van der Waals surface area contributed by atoms with E-state index in [-0.39, 0.29) is 28.7 Å². The number of hydrogen-bond donors (Lipinski definition) is 4. The Bertz CT molecular complexity index is 952. The van der Waals surface area contributed by atoms with Crippen molar-refractivity contribution in [2.75, 3.05) is 13.6 Å². The Kier molecular flexibility index (Phi) is 6.49. The van der Waals surface area contributed by atoms with E-state index in [1.165, 1.54) is 31.3 Å². The summed E-state index contributed by atoms with van der Waals surface area (Å²) in [5.74, 6) is -3.44. The minimum absolute atomic E-state index is 0.0265. The third-order valence-electron chi connectivity index (χ3n) is 4.09. The van der Waals surface area contributed by atoms with Gasteiger partial charge in [-0.3, -0.25) is 9.59 Å². The maximum Gasteiger partial charge on any atom is 0.336 e. The molecule has 0 atom stereocenters. The second kappa shape index (κ2) is 8.81. The van der Waals surface area contributed by atoms with Crippen LogP contribution < -0.4 is 10.6 Å². The van der Waals surface area contributed by atoms with E-state index in [1.807, 2.05) is 0 Å². The van der Waals surface area contributed by atoms with Crippen LogP contribution in [0, 0.1) is 0 Å². The smallest absolute Gasteiger partial charge is 0.336 e. The molecule has 0 heterocycles. The number of aromatic carboxylic acids is 2. The van der Waals surface area contributed by atoms with Crippen LogP contribution in [0.15, 0.2) is 36.4 Å². The molecule has 2 aromatic carbocycles. The predicted molar refractivity (Wildman–Crippen MR) is 101 cm³/mol. The number of amides is 2. The molecule has 0 aromatic heterocycles. The van der Waals surface area contributed by atoms with Gasteiger partial charge in [0.05, 0.1) is 22.3 Å². The van der Waals surface area contributed by atoms with E-state index >= 15 is 0 Å². The first kappa shape index (κ1) is 20.6. The lowest BCUT2D eigenvalue weighted by molar-refractivity contribution is 0.0682. The predicted octanol–water partition coefficient (Wildman–Crippen LogP) is 1.78. The number of benzene rings is 2. The second-order valence-electron chi connectivity index (χ2n) is 5.99. The second-order valence-corrected chi connectivity index (χ2v) is 5.99. The maximum absolute atomic E-state index is 12.2. The highest BCUT2D eigenvalue weighted by atomic mass is 16.4. The lowest BCUT2D eigenvalue weighted by atomic mass is 9.96. The van der Waals surface area contributed by atoms with E-state index in [4.69, 9.17) is 0 Å². The minimum Gasteiger partial charge on any atom is -0.478 e. The topological polar surface area (TPSA) is 133 Å². The van der Waals surface area contributed by atoms with Crippen LogP contribution in [0.25, 0.3) is 0 Å². The van der Waals surface area contributed by atoms with Crippen molar-refractivity contribution in [2.45, 2.75) is 13.3 Å². The largest absolute Gasteiger partial charge is 0.478 e. The average Bonchev–Trinajstić information content (AvgIpc) is 2.67. The molecule has 0 bridgehead atoms. The zero-order chi connectivity index (χ0) is 20.8. The van der Waals surface area contributed by atoms with Crippen molar-refractivity contribution in [2.24, 2.45) is 0 Å². The van der Waals surface area contributed by atoms with Crippen LogP contribution in [0.5, 0.6) is 0 Å². The molecule has 28 heavy (non-hydrogen) atoms. The molecule has 0 unspecified atom stereocenters. The fourth-order valence-electron chi connectivity index (χ4n) is 2.78. The Morgan fingerprint density at radius 2 is 1.25 bits per heavy atom. The van der Waals surface area contributed by atoms with Gasteiger partial charge in [0.1, 0.15) is 0 Å². The first-order valence-corrected chi connectivity index (χ1v) is 8.51. The summed E-state index contributed by atoms with van der Waals surface area (Å²) in [7, 11) is 1.41. The molecule has 0 radical (unpaired) electrons. The number of rotatable bonds is 7. The normalized spacial score (nSPS) is 10.2. The molecule has 0 aliphatic carbocycles. The first-order chi connectivity index (χ1) is 13.3. The first-order valence-electron chi connectivity index (χ1n) is 8.51. The van der Waals surface area contributed by atoms with Gasteiger partial charge in [-0.05, 0) is 48.7 Å². The van der Waals surface area contributed by atoms with Crippen LogP contribution >= 0.6 is 0 Å².